The van der Waals surface area contributed by atoms with E-state index >= 15 is 0 Å². The van der Waals surface area contributed by atoms with Gasteiger partial charge in [0.25, 0.3) is 20.2 Å². The Labute approximate surface area is 139 Å². The third-order valence-electron chi connectivity index (χ3n) is 2.63. The highest BCUT2D eigenvalue weighted by Gasteiger charge is 2.67. The Morgan fingerprint density at radius 1 is 0.875 bits per heavy atom. The smallest absolute Gasteiger partial charge is 0.342 e. The highest BCUT2D eigenvalue weighted by molar-refractivity contribution is 7.86. The Morgan fingerprint density at radius 2 is 1.12 bits per heavy atom. The van der Waals surface area contributed by atoms with Crippen LogP contribution in [-0.4, -0.2) is 62.7 Å². The molecular weight excluding hydrogens is 368 g/mol. The van der Waals surface area contributed by atoms with Gasteiger partial charge in [-0.05, 0) is 0 Å². The lowest BCUT2D eigenvalue weighted by Gasteiger charge is -2.40. The predicted octanol–water partition coefficient (Wildman–Crippen LogP) is -1.37. The molecular formula is C12H14O10S2. The molecule has 0 aromatic rings. The summed E-state index contributed by atoms with van der Waals surface area (Å²) >= 11 is 0. The summed E-state index contributed by atoms with van der Waals surface area (Å²) in [4.78, 5) is 23.4. The number of hydrogen-bond donors (Lipinski definition) is 2. The standard InChI is InChI=1S/C12H14O10S2/c1-5-7-11(9(13)14,21-23(3,17)18)12(8-6-2,10(15)16)22-24(4,19)20/h1-2H,7-8H2,3-4H3,(H,13,14)(H,15,16). The van der Waals surface area contributed by atoms with Gasteiger partial charge in [-0.15, -0.1) is 24.7 Å². The van der Waals surface area contributed by atoms with E-state index in [4.69, 9.17) is 12.8 Å². The molecule has 0 saturated heterocycles. The summed E-state index contributed by atoms with van der Waals surface area (Å²) in [6.07, 6.45) is 8.49. The topological polar surface area (TPSA) is 161 Å². The molecule has 0 aromatic carbocycles. The fourth-order valence-corrected chi connectivity index (χ4v) is 3.41. The van der Waals surface area contributed by atoms with Gasteiger partial charge in [-0.25, -0.2) is 18.0 Å². The molecule has 0 bridgehead atoms. The van der Waals surface area contributed by atoms with Crippen LogP contribution in [0, 0.1) is 24.7 Å². The minimum Gasteiger partial charge on any atom is -0.479 e. The molecule has 0 saturated carbocycles. The lowest BCUT2D eigenvalue weighted by atomic mass is 9.78. The van der Waals surface area contributed by atoms with Gasteiger partial charge in [0.15, 0.2) is 0 Å². The molecule has 0 spiro atoms. The lowest BCUT2D eigenvalue weighted by molar-refractivity contribution is -0.192. The molecule has 0 aliphatic heterocycles. The second kappa shape index (κ2) is 7.19. The molecule has 0 fully saturated rings. The van der Waals surface area contributed by atoms with Gasteiger partial charge < -0.3 is 10.2 Å². The quantitative estimate of drug-likeness (QED) is 0.359. The molecule has 2 unspecified atom stereocenters. The second-order valence-electron chi connectivity index (χ2n) is 4.60. The summed E-state index contributed by atoms with van der Waals surface area (Å²) < 4.78 is 54.7. The molecule has 0 rings (SSSR count). The third-order valence-corrected chi connectivity index (χ3v) is 3.81. The molecule has 2 N–H and O–H groups in total. The van der Waals surface area contributed by atoms with Gasteiger partial charge in [0.2, 0.25) is 11.2 Å². The Kier molecular flexibility index (Phi) is 6.55. The molecule has 0 heterocycles. The lowest BCUT2D eigenvalue weighted by Crippen LogP contribution is -2.67. The second-order valence-corrected chi connectivity index (χ2v) is 7.75. The highest BCUT2D eigenvalue weighted by atomic mass is 32.2. The zero-order chi connectivity index (χ0) is 19.4. The molecule has 0 amide bonds. The summed E-state index contributed by atoms with van der Waals surface area (Å²) in [5, 5.41) is 18.9. The fourth-order valence-electron chi connectivity index (χ4n) is 1.85. The zero-order valence-corrected chi connectivity index (χ0v) is 14.2. The first-order chi connectivity index (χ1) is 10.7. The number of carboxylic acids is 2. The first-order valence-corrected chi connectivity index (χ1v) is 9.45. The van der Waals surface area contributed by atoms with E-state index in [1.807, 2.05) is 0 Å². The van der Waals surface area contributed by atoms with Crippen molar-refractivity contribution in [2.45, 2.75) is 24.0 Å². The van der Waals surface area contributed by atoms with E-state index in [0.717, 1.165) is 0 Å². The van der Waals surface area contributed by atoms with E-state index in [2.05, 4.69) is 8.37 Å². The Morgan fingerprint density at radius 3 is 1.25 bits per heavy atom. The van der Waals surface area contributed by atoms with Crippen LogP contribution in [0.4, 0.5) is 0 Å². The highest BCUT2D eigenvalue weighted by Crippen LogP contribution is 2.39. The third kappa shape index (κ3) is 4.69. The molecule has 2 atom stereocenters. The molecule has 10 nitrogen and oxygen atoms in total. The average Bonchev–Trinajstić information content (AvgIpc) is 2.33. The van der Waals surface area contributed by atoms with Gasteiger partial charge >= 0.3 is 11.9 Å². The predicted molar refractivity (Wildman–Crippen MR) is 79.5 cm³/mol. The number of carboxylic acid groups (broad SMARTS) is 2. The Bertz CT molecular complexity index is 741. The van der Waals surface area contributed by atoms with Crippen molar-refractivity contribution < 1.29 is 45.0 Å². The van der Waals surface area contributed by atoms with Crippen LogP contribution in [0.1, 0.15) is 12.8 Å². The minimum absolute atomic E-state index is 0.421. The van der Waals surface area contributed by atoms with Crippen LogP contribution in [0.2, 0.25) is 0 Å². The Hall–Kier alpha value is -2.12. The van der Waals surface area contributed by atoms with Crippen molar-refractivity contribution in [1.29, 1.82) is 0 Å². The van der Waals surface area contributed by atoms with Crippen molar-refractivity contribution in [2.24, 2.45) is 0 Å². The van der Waals surface area contributed by atoms with Crippen LogP contribution < -0.4 is 0 Å². The zero-order valence-electron chi connectivity index (χ0n) is 12.5. The van der Waals surface area contributed by atoms with Crippen molar-refractivity contribution in [2.75, 3.05) is 12.5 Å². The molecule has 134 valence electrons. The van der Waals surface area contributed by atoms with Crippen molar-refractivity contribution in [3.05, 3.63) is 0 Å². The SMILES string of the molecule is C#CCC(OS(C)(=O)=O)(C(=O)O)C(CC#C)(OS(C)(=O)=O)C(=O)O. The monoisotopic (exact) mass is 382 g/mol. The first-order valence-electron chi connectivity index (χ1n) is 5.82. The number of hydrogen-bond acceptors (Lipinski definition) is 8. The van der Waals surface area contributed by atoms with Gasteiger partial charge in [-0.2, -0.15) is 16.8 Å². The van der Waals surface area contributed by atoms with Gasteiger partial charge in [0.05, 0.1) is 25.4 Å². The normalized spacial score (nSPS) is 16.8. The summed E-state index contributed by atoms with van der Waals surface area (Å²) in [5.41, 5.74) is -6.65. The summed E-state index contributed by atoms with van der Waals surface area (Å²) in [6.45, 7) is 0. The maximum absolute atomic E-state index is 11.7. The van der Waals surface area contributed by atoms with Gasteiger partial charge in [-0.1, -0.05) is 0 Å². The maximum atomic E-state index is 11.7. The largest absolute Gasteiger partial charge is 0.479 e. The molecule has 0 aliphatic carbocycles. The van der Waals surface area contributed by atoms with Crippen LogP contribution in [0.5, 0.6) is 0 Å². The van der Waals surface area contributed by atoms with E-state index in [1.165, 1.54) is 0 Å². The van der Waals surface area contributed by atoms with Crippen LogP contribution in [0.25, 0.3) is 0 Å². The summed E-state index contributed by atoms with van der Waals surface area (Å²) in [6, 6.07) is 0. The van der Waals surface area contributed by atoms with E-state index in [9.17, 15) is 36.6 Å². The average molecular weight is 382 g/mol. The van der Waals surface area contributed by atoms with Crippen LogP contribution >= 0.6 is 0 Å². The molecule has 0 aliphatic rings. The van der Waals surface area contributed by atoms with E-state index in [-0.39, 0.29) is 0 Å². The van der Waals surface area contributed by atoms with E-state index in [0.29, 0.717) is 12.5 Å². The molecule has 12 heteroatoms. The van der Waals surface area contributed by atoms with Crippen molar-refractivity contribution in [3.8, 4) is 24.7 Å². The summed E-state index contributed by atoms with van der Waals surface area (Å²) in [7, 11) is -9.25. The fraction of sp³-hybridized carbons (Fsp3) is 0.500. The van der Waals surface area contributed by atoms with Gasteiger partial charge in [-0.3, -0.25) is 0 Å². The number of rotatable bonds is 9. The van der Waals surface area contributed by atoms with Crippen LogP contribution in [0.3, 0.4) is 0 Å². The minimum atomic E-state index is -4.62. The molecule has 0 aromatic heterocycles. The van der Waals surface area contributed by atoms with Crippen LogP contribution in [-0.2, 0) is 38.2 Å². The van der Waals surface area contributed by atoms with Gasteiger partial charge in [0.1, 0.15) is 0 Å². The number of carbonyl (C=O) groups is 2. The Balaban J connectivity index is 7.02. The van der Waals surface area contributed by atoms with Crippen molar-refractivity contribution in [3.63, 3.8) is 0 Å². The van der Waals surface area contributed by atoms with Gasteiger partial charge in [0, 0.05) is 0 Å². The van der Waals surface area contributed by atoms with Crippen molar-refractivity contribution >= 4 is 32.2 Å². The number of aliphatic carboxylic acids is 2. The molecule has 24 heavy (non-hydrogen) atoms. The van der Waals surface area contributed by atoms with E-state index < -0.39 is 56.2 Å². The first kappa shape index (κ1) is 21.9. The summed E-state index contributed by atoms with van der Waals surface area (Å²) in [5.74, 6) is -0.896. The number of terminal acetylenes is 2. The maximum Gasteiger partial charge on any atom is 0.342 e. The van der Waals surface area contributed by atoms with Crippen molar-refractivity contribution in [1.82, 2.24) is 0 Å². The molecule has 0 radical (unpaired) electrons. The van der Waals surface area contributed by atoms with E-state index in [1.54, 1.807) is 11.8 Å². The van der Waals surface area contributed by atoms with Crippen LogP contribution in [0.15, 0.2) is 0 Å².